The number of rotatable bonds is 4. The van der Waals surface area contributed by atoms with E-state index in [1.807, 2.05) is 36.4 Å². The van der Waals surface area contributed by atoms with Crippen LogP contribution in [-0.2, 0) is 5.41 Å². The highest BCUT2D eigenvalue weighted by Crippen LogP contribution is 2.53. The highest BCUT2D eigenvalue weighted by Gasteiger charge is 2.37. The molecular weight excluding hydrogens is 736 g/mol. The van der Waals surface area contributed by atoms with Gasteiger partial charge in [-0.2, -0.15) is 0 Å². The Balaban J connectivity index is 1.17. The summed E-state index contributed by atoms with van der Waals surface area (Å²) in [5, 5.41) is 7.23. The molecule has 1 aliphatic rings. The van der Waals surface area contributed by atoms with Crippen LogP contribution in [0.15, 0.2) is 168 Å². The second-order valence-electron chi connectivity index (χ2n) is 15.0. The number of nitrogens with zero attached hydrogens (tertiary/aromatic N) is 4. The Morgan fingerprint density at radius 3 is 1.80 bits per heavy atom. The number of aromatic nitrogens is 4. The largest absolute Gasteiger partial charge is 0.309 e. The Hall–Kier alpha value is -6.43. The summed E-state index contributed by atoms with van der Waals surface area (Å²) in [4.78, 5) is 15.2. The fraction of sp³-hybridized carbons (Fsp3) is 0.0600. The van der Waals surface area contributed by atoms with Crippen molar-refractivity contribution >= 4 is 59.3 Å². The summed E-state index contributed by atoms with van der Waals surface area (Å²) in [6.45, 7) is 4.74. The van der Waals surface area contributed by atoms with Gasteiger partial charge >= 0.3 is 0 Å². The summed E-state index contributed by atoms with van der Waals surface area (Å²) in [6, 6.07) is 58.3. The zero-order chi connectivity index (χ0) is 36.8. The molecule has 0 N–H and O–H groups in total. The number of hydrogen-bond donors (Lipinski definition) is 0. The Labute approximate surface area is 326 Å². The van der Waals surface area contributed by atoms with Gasteiger partial charge in [-0.3, -0.25) is 0 Å². The van der Waals surface area contributed by atoms with Crippen LogP contribution in [-0.4, -0.2) is 19.5 Å². The SMILES string of the molecule is CC1(C)c2cc3c(cc2-c2c1ccc1ccccc21)c1cc(Br)ccc1n3-c1ccc(-c2nc(-c3ccccc3)nc(-c3ccccc3)n2)c2ccccc12. The summed E-state index contributed by atoms with van der Waals surface area (Å²) < 4.78 is 3.52. The van der Waals surface area contributed by atoms with Gasteiger partial charge in [-0.15, -0.1) is 0 Å². The molecule has 2 heterocycles. The zero-order valence-electron chi connectivity index (χ0n) is 30.3. The third-order valence-corrected chi connectivity index (χ3v) is 12.0. The average molecular weight is 770 g/mol. The number of halogens is 1. The first-order chi connectivity index (χ1) is 26.9. The minimum atomic E-state index is -0.164. The first-order valence-corrected chi connectivity index (χ1v) is 19.4. The van der Waals surface area contributed by atoms with E-state index in [0.29, 0.717) is 17.5 Å². The van der Waals surface area contributed by atoms with Crippen molar-refractivity contribution in [3.8, 4) is 51.0 Å². The van der Waals surface area contributed by atoms with Crippen molar-refractivity contribution in [2.24, 2.45) is 0 Å². The van der Waals surface area contributed by atoms with Crippen LogP contribution in [0.4, 0.5) is 0 Å². The van der Waals surface area contributed by atoms with Crippen LogP contribution >= 0.6 is 15.9 Å². The molecule has 10 aromatic rings. The van der Waals surface area contributed by atoms with E-state index in [4.69, 9.17) is 15.0 Å². The normalized spacial score (nSPS) is 13.1. The molecule has 0 radical (unpaired) electrons. The standard InChI is InChI=1S/C50H33BrN4/c1-50(2)41-24-21-30-13-9-10-18-34(30)46(41)40-28-39-38-27-33(51)22-25-44(38)55(45(39)29-42(40)50)43-26-23-37(35-19-11-12-20-36(35)43)49-53-47(31-14-5-3-6-15-31)52-48(54-49)32-16-7-4-8-17-32/h3-29H,1-2H3. The highest BCUT2D eigenvalue weighted by atomic mass is 79.9. The van der Waals surface area contributed by atoms with Gasteiger partial charge in [0.05, 0.1) is 16.7 Å². The van der Waals surface area contributed by atoms with Crippen molar-refractivity contribution < 1.29 is 0 Å². The fourth-order valence-corrected chi connectivity index (χ4v) is 9.21. The number of fused-ring (bicyclic) bond motifs is 9. The van der Waals surface area contributed by atoms with Crippen LogP contribution in [0.25, 0.3) is 94.3 Å². The monoisotopic (exact) mass is 768 g/mol. The first kappa shape index (κ1) is 32.0. The molecular formula is C50H33BrN4. The first-order valence-electron chi connectivity index (χ1n) is 18.6. The van der Waals surface area contributed by atoms with Crippen molar-refractivity contribution in [1.82, 2.24) is 19.5 Å². The predicted molar refractivity (Wildman–Crippen MR) is 231 cm³/mol. The second-order valence-corrected chi connectivity index (χ2v) is 15.9. The van der Waals surface area contributed by atoms with Gasteiger partial charge in [-0.05, 0) is 80.9 Å². The van der Waals surface area contributed by atoms with Crippen molar-refractivity contribution in [3.05, 3.63) is 179 Å². The summed E-state index contributed by atoms with van der Waals surface area (Å²) in [7, 11) is 0. The van der Waals surface area contributed by atoms with Crippen LogP contribution in [0.5, 0.6) is 0 Å². The molecule has 1 aliphatic carbocycles. The van der Waals surface area contributed by atoms with E-state index in [1.165, 1.54) is 49.3 Å². The summed E-state index contributed by atoms with van der Waals surface area (Å²) in [5.41, 5.74) is 11.6. The second kappa shape index (κ2) is 12.0. The van der Waals surface area contributed by atoms with Crippen molar-refractivity contribution in [1.29, 1.82) is 0 Å². The number of hydrogen-bond acceptors (Lipinski definition) is 3. The van der Waals surface area contributed by atoms with Crippen LogP contribution in [0.2, 0.25) is 0 Å². The highest BCUT2D eigenvalue weighted by molar-refractivity contribution is 9.10. The minimum Gasteiger partial charge on any atom is -0.309 e. The Bertz CT molecular complexity index is 3120. The quantitative estimate of drug-likeness (QED) is 0.179. The molecule has 0 saturated heterocycles. The molecule has 260 valence electrons. The smallest absolute Gasteiger partial charge is 0.164 e. The summed E-state index contributed by atoms with van der Waals surface area (Å²) >= 11 is 3.81. The van der Waals surface area contributed by atoms with E-state index < -0.39 is 0 Å². The van der Waals surface area contributed by atoms with Crippen LogP contribution in [0, 0.1) is 0 Å². The lowest BCUT2D eigenvalue weighted by Crippen LogP contribution is -2.15. The van der Waals surface area contributed by atoms with Crippen molar-refractivity contribution in [3.63, 3.8) is 0 Å². The van der Waals surface area contributed by atoms with Gasteiger partial charge in [0.15, 0.2) is 17.5 Å². The molecule has 5 heteroatoms. The molecule has 0 spiro atoms. The third kappa shape index (κ3) is 4.86. The maximum absolute atomic E-state index is 5.11. The van der Waals surface area contributed by atoms with E-state index in [9.17, 15) is 0 Å². The molecule has 0 bridgehead atoms. The Kier molecular flexibility index (Phi) is 7.01. The molecule has 0 fully saturated rings. The van der Waals surface area contributed by atoms with E-state index in [-0.39, 0.29) is 5.41 Å². The lowest BCUT2D eigenvalue weighted by Gasteiger charge is -2.22. The average Bonchev–Trinajstić information content (AvgIpc) is 3.66. The molecule has 55 heavy (non-hydrogen) atoms. The van der Waals surface area contributed by atoms with Gasteiger partial charge < -0.3 is 4.57 Å². The van der Waals surface area contributed by atoms with Gasteiger partial charge in [-0.25, -0.2) is 15.0 Å². The number of benzene rings is 8. The zero-order valence-corrected chi connectivity index (χ0v) is 31.8. The lowest BCUT2D eigenvalue weighted by atomic mass is 9.82. The molecule has 11 rings (SSSR count). The molecule has 4 nitrogen and oxygen atoms in total. The van der Waals surface area contributed by atoms with Crippen LogP contribution < -0.4 is 0 Å². The summed E-state index contributed by atoms with van der Waals surface area (Å²) in [6.07, 6.45) is 0. The molecule has 0 aliphatic heterocycles. The molecule has 0 saturated carbocycles. The lowest BCUT2D eigenvalue weighted by molar-refractivity contribution is 0.661. The molecule has 8 aromatic carbocycles. The van der Waals surface area contributed by atoms with E-state index in [0.717, 1.165) is 43.1 Å². The van der Waals surface area contributed by atoms with Gasteiger partial charge in [-0.1, -0.05) is 151 Å². The molecule has 2 aromatic heterocycles. The third-order valence-electron chi connectivity index (χ3n) is 11.5. The topological polar surface area (TPSA) is 43.6 Å². The van der Waals surface area contributed by atoms with E-state index in [1.54, 1.807) is 0 Å². The van der Waals surface area contributed by atoms with Crippen LogP contribution in [0.3, 0.4) is 0 Å². The Morgan fingerprint density at radius 2 is 1.07 bits per heavy atom. The van der Waals surface area contributed by atoms with Gasteiger partial charge in [0.1, 0.15) is 0 Å². The van der Waals surface area contributed by atoms with Gasteiger partial charge in [0, 0.05) is 42.7 Å². The summed E-state index contributed by atoms with van der Waals surface area (Å²) in [5.74, 6) is 1.94. The maximum atomic E-state index is 5.11. The van der Waals surface area contributed by atoms with E-state index in [2.05, 4.69) is 162 Å². The Morgan fingerprint density at radius 1 is 0.455 bits per heavy atom. The van der Waals surface area contributed by atoms with Gasteiger partial charge in [0.2, 0.25) is 0 Å². The van der Waals surface area contributed by atoms with Gasteiger partial charge in [0.25, 0.3) is 0 Å². The van der Waals surface area contributed by atoms with E-state index >= 15 is 0 Å². The molecule has 0 atom stereocenters. The maximum Gasteiger partial charge on any atom is 0.164 e. The van der Waals surface area contributed by atoms with Crippen molar-refractivity contribution in [2.75, 3.05) is 0 Å². The predicted octanol–water partition coefficient (Wildman–Crippen LogP) is 13.3. The minimum absolute atomic E-state index is 0.164. The molecule has 0 unspecified atom stereocenters. The molecule has 0 amide bonds. The fourth-order valence-electron chi connectivity index (χ4n) is 8.85. The van der Waals surface area contributed by atoms with Crippen LogP contribution in [0.1, 0.15) is 25.0 Å². The van der Waals surface area contributed by atoms with Crippen molar-refractivity contribution in [2.45, 2.75) is 19.3 Å².